The van der Waals surface area contributed by atoms with Gasteiger partial charge in [0.15, 0.2) is 0 Å². The number of nitrogens with zero attached hydrogens (tertiary/aromatic N) is 4. The third-order valence-corrected chi connectivity index (χ3v) is 14.9. The van der Waals surface area contributed by atoms with E-state index in [1.54, 1.807) is 0 Å². The number of hydrogen-bond donors (Lipinski definition) is 0. The summed E-state index contributed by atoms with van der Waals surface area (Å²) in [6.45, 7) is 20.7. The summed E-state index contributed by atoms with van der Waals surface area (Å²) in [6, 6.07) is 57.8. The van der Waals surface area contributed by atoms with E-state index >= 15 is 0 Å². The van der Waals surface area contributed by atoms with Crippen LogP contribution >= 0.6 is 0 Å². The van der Waals surface area contributed by atoms with E-state index in [0.717, 1.165) is 72.5 Å². The molecule has 0 spiro atoms. The molecule has 0 saturated carbocycles. The van der Waals surface area contributed by atoms with Gasteiger partial charge in [-0.05, 0) is 80.5 Å². The Labute approximate surface area is 397 Å². The van der Waals surface area contributed by atoms with Gasteiger partial charge in [0.2, 0.25) is 5.71 Å². The molecule has 325 valence electrons. The normalized spacial score (nSPS) is 13.0. The monoisotopic (exact) mass is 1040 g/mol. The molecule has 0 aliphatic heterocycles. The van der Waals surface area contributed by atoms with Crippen molar-refractivity contribution in [1.29, 1.82) is 0 Å². The molecular weight excluding hydrogens is 989 g/mol. The fourth-order valence-corrected chi connectivity index (χ4v) is 10.2. The smallest absolute Gasteiger partial charge is 0.216 e. The van der Waals surface area contributed by atoms with Crippen LogP contribution in [0.2, 0.25) is 19.6 Å². The van der Waals surface area contributed by atoms with Crippen LogP contribution in [0.15, 0.2) is 156 Å². The SMILES string of the molecule is C[Si](C)(C)c1ccc(-c2[c-]cccc2)nc1.Cc1c[c-]c(-c2nc3ccccc3n2-c2ccc3c(c2)C(C)(C)c2cc(C(C)(C)C)ccc2-3)c2oc3nc(-c4ccccc4)ccc3c12.[Ir]. The van der Waals surface area contributed by atoms with Crippen molar-refractivity contribution in [2.45, 2.75) is 72.0 Å². The van der Waals surface area contributed by atoms with E-state index in [0.29, 0.717) is 5.71 Å². The van der Waals surface area contributed by atoms with Gasteiger partial charge in [-0.3, -0.25) is 4.98 Å². The number of aryl methyl sites for hydroxylation is 1. The number of rotatable bonds is 5. The summed E-state index contributed by atoms with van der Waals surface area (Å²) < 4.78 is 8.93. The van der Waals surface area contributed by atoms with Crippen LogP contribution in [-0.2, 0) is 30.9 Å². The molecule has 5 nitrogen and oxygen atoms in total. The van der Waals surface area contributed by atoms with Crippen molar-refractivity contribution in [3.63, 3.8) is 0 Å². The first-order chi connectivity index (χ1) is 30.7. The van der Waals surface area contributed by atoms with E-state index in [1.165, 1.54) is 33.0 Å². The number of pyridine rings is 2. The Hall–Kier alpha value is -6.24. The summed E-state index contributed by atoms with van der Waals surface area (Å²) >= 11 is 0. The molecule has 1 aliphatic rings. The third-order valence-electron chi connectivity index (χ3n) is 12.9. The molecule has 0 N–H and O–H groups in total. The average molecular weight is 1040 g/mol. The summed E-state index contributed by atoms with van der Waals surface area (Å²) in [6.07, 6.45) is 2.02. The zero-order chi connectivity index (χ0) is 44.5. The second kappa shape index (κ2) is 16.6. The number of fused-ring (bicyclic) bond motifs is 7. The van der Waals surface area contributed by atoms with Gasteiger partial charge in [-0.2, -0.15) is 0 Å². The Morgan fingerprint density at radius 3 is 2.12 bits per heavy atom. The average Bonchev–Trinajstić information content (AvgIpc) is 3.95. The van der Waals surface area contributed by atoms with Crippen molar-refractivity contribution in [2.75, 3.05) is 0 Å². The van der Waals surface area contributed by atoms with E-state index in [4.69, 9.17) is 14.4 Å². The van der Waals surface area contributed by atoms with Crippen LogP contribution in [0, 0.1) is 19.1 Å². The first-order valence-electron chi connectivity index (χ1n) is 22.2. The number of imidazole rings is 1. The van der Waals surface area contributed by atoms with Gasteiger partial charge in [0.05, 0.1) is 36.2 Å². The van der Waals surface area contributed by atoms with E-state index in [2.05, 4.69) is 180 Å². The second-order valence-corrected chi connectivity index (χ2v) is 24.7. The standard InChI is InChI=1S/C44H36N3O.C14H16NSi.Ir/c1-26-16-19-33(40-39(26)32-22-23-36(46-42(32)48-40)27-12-8-7-9-13-27)41-45-37-14-10-11-15-38(37)47(41)29-18-21-31-30-20-17-28(43(2,3)4)24-34(30)44(5,6)35(31)25-29;1-16(2,3)13-9-10-14(15-11-13)12-7-5-4-6-8-12;/h7-18,20-25H,1-6H3;4-7,9-11H,1-3H3;/q2*-1;. The van der Waals surface area contributed by atoms with Crippen LogP contribution in [0.5, 0.6) is 0 Å². The molecule has 6 aromatic carbocycles. The van der Waals surface area contributed by atoms with Gasteiger partial charge in [-0.25, -0.2) is 4.98 Å². The van der Waals surface area contributed by atoms with Gasteiger partial charge in [-0.15, -0.1) is 53.6 Å². The van der Waals surface area contributed by atoms with Crippen LogP contribution in [0.1, 0.15) is 56.9 Å². The fourth-order valence-electron chi connectivity index (χ4n) is 9.14. The predicted octanol–water partition coefficient (Wildman–Crippen LogP) is 14.5. The molecule has 0 amide bonds. The number of benzene rings is 6. The maximum Gasteiger partial charge on any atom is 0.216 e. The molecule has 4 aromatic heterocycles. The van der Waals surface area contributed by atoms with Crippen molar-refractivity contribution in [3.05, 3.63) is 186 Å². The van der Waals surface area contributed by atoms with E-state index in [1.807, 2.05) is 54.7 Å². The van der Waals surface area contributed by atoms with Gasteiger partial charge in [-0.1, -0.05) is 151 Å². The van der Waals surface area contributed by atoms with Gasteiger partial charge >= 0.3 is 0 Å². The van der Waals surface area contributed by atoms with Crippen molar-refractivity contribution in [3.8, 4) is 50.7 Å². The molecule has 11 rings (SSSR count). The third kappa shape index (κ3) is 7.90. The Morgan fingerprint density at radius 1 is 0.708 bits per heavy atom. The van der Waals surface area contributed by atoms with Crippen molar-refractivity contribution in [2.24, 2.45) is 0 Å². The molecule has 65 heavy (non-hydrogen) atoms. The summed E-state index contributed by atoms with van der Waals surface area (Å²) in [5.74, 6) is 0.798. The van der Waals surface area contributed by atoms with Gasteiger partial charge in [0.1, 0.15) is 0 Å². The Morgan fingerprint density at radius 2 is 1.42 bits per heavy atom. The quantitative estimate of drug-likeness (QED) is 0.127. The largest absolute Gasteiger partial charge is 0.486 e. The van der Waals surface area contributed by atoms with E-state index in [9.17, 15) is 0 Å². The minimum atomic E-state index is -1.23. The van der Waals surface area contributed by atoms with Crippen LogP contribution in [0.25, 0.3) is 83.8 Å². The number of aromatic nitrogens is 4. The fraction of sp³-hybridized carbons (Fsp3) is 0.190. The summed E-state index contributed by atoms with van der Waals surface area (Å²) in [5, 5.41) is 3.43. The molecule has 0 unspecified atom stereocenters. The number of furan rings is 1. The maximum atomic E-state index is 6.66. The first-order valence-corrected chi connectivity index (χ1v) is 25.7. The Balaban J connectivity index is 0.000000266. The second-order valence-electron chi connectivity index (χ2n) is 19.7. The van der Waals surface area contributed by atoms with Gasteiger partial charge < -0.3 is 14.0 Å². The summed E-state index contributed by atoms with van der Waals surface area (Å²) in [7, 11) is -1.23. The minimum Gasteiger partial charge on any atom is -0.486 e. The molecular formula is C58H52IrN4OSi-2. The molecule has 0 bridgehead atoms. The van der Waals surface area contributed by atoms with Crippen molar-refractivity contribution >= 4 is 46.4 Å². The molecule has 1 aliphatic carbocycles. The molecule has 0 atom stereocenters. The molecule has 7 heteroatoms. The van der Waals surface area contributed by atoms with Crippen LogP contribution in [-0.4, -0.2) is 27.6 Å². The van der Waals surface area contributed by atoms with Crippen LogP contribution in [0.3, 0.4) is 0 Å². The molecule has 0 saturated heterocycles. The van der Waals surface area contributed by atoms with Gasteiger partial charge in [0.25, 0.3) is 0 Å². The maximum absolute atomic E-state index is 6.66. The van der Waals surface area contributed by atoms with Gasteiger partial charge in [0, 0.05) is 48.4 Å². The van der Waals surface area contributed by atoms with Crippen LogP contribution < -0.4 is 5.19 Å². The van der Waals surface area contributed by atoms with Crippen molar-refractivity contribution in [1.82, 2.24) is 19.5 Å². The molecule has 1 radical (unpaired) electrons. The zero-order valence-corrected chi connectivity index (χ0v) is 41.9. The molecule has 4 heterocycles. The Kier molecular flexibility index (Phi) is 11.3. The van der Waals surface area contributed by atoms with Crippen LogP contribution in [0.4, 0.5) is 0 Å². The minimum absolute atomic E-state index is 0. The zero-order valence-electron chi connectivity index (χ0n) is 38.5. The first kappa shape index (κ1) is 44.0. The number of hydrogen-bond acceptors (Lipinski definition) is 4. The topological polar surface area (TPSA) is 56.7 Å². The van der Waals surface area contributed by atoms with Crippen molar-refractivity contribution < 1.29 is 24.5 Å². The number of para-hydroxylation sites is 2. The molecule has 0 fully saturated rings. The summed E-state index contributed by atoms with van der Waals surface area (Å²) in [4.78, 5) is 14.7. The van der Waals surface area contributed by atoms with E-state index < -0.39 is 8.07 Å². The van der Waals surface area contributed by atoms with E-state index in [-0.39, 0.29) is 30.9 Å². The predicted molar refractivity (Wildman–Crippen MR) is 268 cm³/mol. The Bertz CT molecular complexity index is 3370. The molecule has 10 aromatic rings. The summed E-state index contributed by atoms with van der Waals surface area (Å²) in [5.41, 5.74) is 16.9.